The van der Waals surface area contributed by atoms with Gasteiger partial charge in [0, 0.05) is 42.3 Å². The van der Waals surface area contributed by atoms with Crippen LogP contribution in [0.5, 0.6) is 0 Å². The summed E-state index contributed by atoms with van der Waals surface area (Å²) in [5.74, 6) is 0.676. The third kappa shape index (κ3) is 3.77. The number of rotatable bonds is 3. The van der Waals surface area contributed by atoms with Gasteiger partial charge in [-0.2, -0.15) is 0 Å². The molecule has 1 aliphatic heterocycles. The number of benzene rings is 2. The lowest BCUT2D eigenvalue weighted by Crippen LogP contribution is -2.49. The van der Waals surface area contributed by atoms with Crippen molar-refractivity contribution in [2.45, 2.75) is 6.92 Å². The van der Waals surface area contributed by atoms with Gasteiger partial charge in [0.25, 0.3) is 5.91 Å². The predicted octanol–water partition coefficient (Wildman–Crippen LogP) is 5.42. The minimum absolute atomic E-state index is 0.0221. The summed E-state index contributed by atoms with van der Waals surface area (Å²) < 4.78 is 5.53. The van der Waals surface area contributed by atoms with Crippen molar-refractivity contribution in [3.8, 4) is 11.5 Å². The Labute approximate surface area is 185 Å². The first-order valence-electron chi connectivity index (χ1n) is 10.3. The summed E-state index contributed by atoms with van der Waals surface area (Å²) in [5.41, 5.74) is 4.43. The molecule has 0 N–H and O–H groups in total. The summed E-state index contributed by atoms with van der Waals surface area (Å²) in [6.07, 6.45) is 1.62. The van der Waals surface area contributed by atoms with Crippen molar-refractivity contribution in [2.24, 2.45) is 0 Å². The fourth-order valence-corrected chi connectivity index (χ4v) is 4.31. The zero-order valence-corrected chi connectivity index (χ0v) is 18.0. The standard InChI is InChI=1S/C25H22ClN3O2/c1-17-8-9-18(26)15-23(17)28-10-12-29(13-11-28)25(30)20-16-22(24-7-4-14-31-24)27-21-6-3-2-5-19(20)21/h2-9,14-16H,10-13H2,1H3. The quantitative estimate of drug-likeness (QED) is 0.434. The maximum Gasteiger partial charge on any atom is 0.254 e. The normalized spacial score (nSPS) is 14.3. The largest absolute Gasteiger partial charge is 0.463 e. The fraction of sp³-hybridized carbons (Fsp3) is 0.200. The number of hydrogen-bond donors (Lipinski definition) is 0. The average molecular weight is 432 g/mol. The summed E-state index contributed by atoms with van der Waals surface area (Å²) in [6, 6.07) is 19.2. The van der Waals surface area contributed by atoms with Gasteiger partial charge in [-0.25, -0.2) is 4.98 Å². The molecule has 0 bridgehead atoms. The van der Waals surface area contributed by atoms with Gasteiger partial charge in [-0.15, -0.1) is 0 Å². The van der Waals surface area contributed by atoms with Gasteiger partial charge in [-0.3, -0.25) is 4.79 Å². The lowest BCUT2D eigenvalue weighted by atomic mass is 10.0. The Balaban J connectivity index is 1.43. The number of halogens is 1. The zero-order valence-electron chi connectivity index (χ0n) is 17.2. The van der Waals surface area contributed by atoms with E-state index < -0.39 is 0 Å². The number of carbonyl (C=O) groups excluding carboxylic acids is 1. The van der Waals surface area contributed by atoms with Crippen LogP contribution in [0.15, 0.2) is 71.3 Å². The molecule has 2 aromatic carbocycles. The van der Waals surface area contributed by atoms with E-state index in [1.165, 1.54) is 5.56 Å². The topological polar surface area (TPSA) is 49.6 Å². The van der Waals surface area contributed by atoms with E-state index in [2.05, 4.69) is 11.8 Å². The summed E-state index contributed by atoms with van der Waals surface area (Å²) in [6.45, 7) is 4.92. The number of aromatic nitrogens is 1. The number of amides is 1. The Morgan fingerprint density at radius 2 is 1.81 bits per heavy atom. The van der Waals surface area contributed by atoms with Crippen LogP contribution in [0.2, 0.25) is 5.02 Å². The number of fused-ring (bicyclic) bond motifs is 1. The van der Waals surface area contributed by atoms with E-state index in [9.17, 15) is 4.79 Å². The fourth-order valence-electron chi connectivity index (χ4n) is 4.15. The van der Waals surface area contributed by atoms with E-state index in [4.69, 9.17) is 21.0 Å². The van der Waals surface area contributed by atoms with Crippen molar-refractivity contribution in [1.29, 1.82) is 0 Å². The van der Waals surface area contributed by atoms with Crippen LogP contribution in [0.4, 0.5) is 5.69 Å². The van der Waals surface area contributed by atoms with Crippen LogP contribution in [-0.4, -0.2) is 42.0 Å². The van der Waals surface area contributed by atoms with Crippen LogP contribution in [0.1, 0.15) is 15.9 Å². The monoisotopic (exact) mass is 431 g/mol. The third-order valence-corrected chi connectivity index (χ3v) is 6.03. The van der Waals surface area contributed by atoms with Crippen LogP contribution in [0.25, 0.3) is 22.4 Å². The first-order valence-corrected chi connectivity index (χ1v) is 10.7. The molecular formula is C25H22ClN3O2. The third-order valence-electron chi connectivity index (χ3n) is 5.80. The highest BCUT2D eigenvalue weighted by atomic mass is 35.5. The van der Waals surface area contributed by atoms with Crippen LogP contribution in [0.3, 0.4) is 0 Å². The number of anilines is 1. The lowest BCUT2D eigenvalue weighted by molar-refractivity contribution is 0.0748. The summed E-state index contributed by atoms with van der Waals surface area (Å²) >= 11 is 6.20. The smallest absolute Gasteiger partial charge is 0.254 e. The highest BCUT2D eigenvalue weighted by molar-refractivity contribution is 6.30. The van der Waals surface area contributed by atoms with E-state index in [-0.39, 0.29) is 5.91 Å². The van der Waals surface area contributed by atoms with Crippen LogP contribution in [-0.2, 0) is 0 Å². The van der Waals surface area contributed by atoms with Gasteiger partial charge < -0.3 is 14.2 Å². The van der Waals surface area contributed by atoms with E-state index >= 15 is 0 Å². The average Bonchev–Trinajstić information content (AvgIpc) is 3.35. The number of para-hydroxylation sites is 1. The lowest BCUT2D eigenvalue weighted by Gasteiger charge is -2.37. The summed E-state index contributed by atoms with van der Waals surface area (Å²) in [4.78, 5) is 22.4. The second-order valence-electron chi connectivity index (χ2n) is 7.76. The molecular weight excluding hydrogens is 410 g/mol. The Morgan fingerprint density at radius 3 is 2.58 bits per heavy atom. The highest BCUT2D eigenvalue weighted by Gasteiger charge is 2.25. The number of aryl methyl sites for hydroxylation is 1. The second kappa shape index (κ2) is 8.08. The molecule has 31 heavy (non-hydrogen) atoms. The van der Waals surface area contributed by atoms with E-state index in [0.717, 1.165) is 34.7 Å². The molecule has 1 fully saturated rings. The molecule has 5 rings (SSSR count). The maximum atomic E-state index is 13.5. The highest BCUT2D eigenvalue weighted by Crippen LogP contribution is 2.28. The van der Waals surface area contributed by atoms with Gasteiger partial charge in [0.1, 0.15) is 5.69 Å². The van der Waals surface area contributed by atoms with E-state index in [1.54, 1.807) is 6.26 Å². The molecule has 3 heterocycles. The SMILES string of the molecule is Cc1ccc(Cl)cc1N1CCN(C(=O)c2cc(-c3ccco3)nc3ccccc23)CC1. The van der Waals surface area contributed by atoms with Gasteiger partial charge in [0.2, 0.25) is 0 Å². The van der Waals surface area contributed by atoms with Crippen molar-refractivity contribution in [2.75, 3.05) is 31.1 Å². The predicted molar refractivity (Wildman–Crippen MR) is 124 cm³/mol. The molecule has 0 spiro atoms. The molecule has 5 nitrogen and oxygen atoms in total. The van der Waals surface area contributed by atoms with Crippen molar-refractivity contribution in [1.82, 2.24) is 9.88 Å². The summed E-state index contributed by atoms with van der Waals surface area (Å²) in [5, 5.41) is 1.59. The molecule has 1 amide bonds. The Kier molecular flexibility index (Phi) is 5.12. The first-order chi connectivity index (χ1) is 15.1. The van der Waals surface area contributed by atoms with Gasteiger partial charge in [0.15, 0.2) is 5.76 Å². The first kappa shape index (κ1) is 19.6. The maximum absolute atomic E-state index is 13.5. The van der Waals surface area contributed by atoms with Crippen molar-refractivity contribution >= 4 is 34.1 Å². The molecule has 2 aromatic heterocycles. The van der Waals surface area contributed by atoms with E-state index in [0.29, 0.717) is 30.1 Å². The Bertz CT molecular complexity index is 1250. The van der Waals surface area contributed by atoms with Gasteiger partial charge >= 0.3 is 0 Å². The van der Waals surface area contributed by atoms with Crippen molar-refractivity contribution in [3.05, 3.63) is 83.1 Å². The van der Waals surface area contributed by atoms with Crippen LogP contribution >= 0.6 is 11.6 Å². The molecule has 1 aliphatic rings. The van der Waals surface area contributed by atoms with Crippen LogP contribution in [0, 0.1) is 6.92 Å². The molecule has 0 saturated carbocycles. The molecule has 0 radical (unpaired) electrons. The van der Waals surface area contributed by atoms with Crippen LogP contribution < -0.4 is 4.90 Å². The number of carbonyl (C=O) groups is 1. The number of pyridine rings is 1. The molecule has 1 saturated heterocycles. The van der Waals surface area contributed by atoms with Crippen molar-refractivity contribution in [3.63, 3.8) is 0 Å². The summed E-state index contributed by atoms with van der Waals surface area (Å²) in [7, 11) is 0. The number of piperazine rings is 1. The molecule has 0 atom stereocenters. The number of hydrogen-bond acceptors (Lipinski definition) is 4. The molecule has 156 valence electrons. The van der Waals surface area contributed by atoms with Gasteiger partial charge in [-0.1, -0.05) is 35.9 Å². The Hall–Kier alpha value is -3.31. The van der Waals surface area contributed by atoms with Crippen molar-refractivity contribution < 1.29 is 9.21 Å². The minimum Gasteiger partial charge on any atom is -0.463 e. The molecule has 0 unspecified atom stereocenters. The van der Waals surface area contributed by atoms with E-state index in [1.807, 2.05) is 65.6 Å². The molecule has 6 heteroatoms. The minimum atomic E-state index is 0.0221. The second-order valence-corrected chi connectivity index (χ2v) is 8.20. The Morgan fingerprint density at radius 1 is 1.00 bits per heavy atom. The zero-order chi connectivity index (χ0) is 21.4. The van der Waals surface area contributed by atoms with Gasteiger partial charge in [0.05, 0.1) is 17.3 Å². The number of furan rings is 1. The molecule has 0 aliphatic carbocycles. The number of nitrogens with zero attached hydrogens (tertiary/aromatic N) is 3. The van der Waals surface area contributed by atoms with Gasteiger partial charge in [-0.05, 0) is 48.9 Å². The molecule has 4 aromatic rings.